The third kappa shape index (κ3) is 3.59. The Kier molecular flexibility index (Phi) is 5.21. The van der Waals surface area contributed by atoms with Crippen LogP contribution in [0.3, 0.4) is 0 Å². The van der Waals surface area contributed by atoms with E-state index in [1.54, 1.807) is 18.2 Å². The predicted molar refractivity (Wildman–Crippen MR) is 62.1 cm³/mol. The molecule has 0 heterocycles. The highest BCUT2D eigenvalue weighted by atomic mass is 16.7. The SMILES string of the molecule is COCOc1ccc(C(O)C(C)O)cc1OC. The second kappa shape index (κ2) is 6.44. The maximum absolute atomic E-state index is 9.71. The van der Waals surface area contributed by atoms with Gasteiger partial charge in [0.2, 0.25) is 0 Å². The molecule has 0 saturated heterocycles. The molecular weight excluding hydrogens is 224 g/mol. The molecule has 0 aliphatic heterocycles. The Hall–Kier alpha value is -1.30. The van der Waals surface area contributed by atoms with E-state index >= 15 is 0 Å². The summed E-state index contributed by atoms with van der Waals surface area (Å²) in [6.45, 7) is 1.64. The fourth-order valence-corrected chi connectivity index (χ4v) is 1.39. The summed E-state index contributed by atoms with van der Waals surface area (Å²) in [5.74, 6) is 1.01. The van der Waals surface area contributed by atoms with Crippen molar-refractivity contribution in [3.05, 3.63) is 23.8 Å². The van der Waals surface area contributed by atoms with Gasteiger partial charge in [0.25, 0.3) is 0 Å². The van der Waals surface area contributed by atoms with Crippen molar-refractivity contribution < 1.29 is 24.4 Å². The van der Waals surface area contributed by atoms with Gasteiger partial charge in [-0.2, -0.15) is 0 Å². The summed E-state index contributed by atoms with van der Waals surface area (Å²) in [6, 6.07) is 4.96. The summed E-state index contributed by atoms with van der Waals surface area (Å²) in [6.07, 6.45) is -1.79. The number of hydrogen-bond donors (Lipinski definition) is 2. The van der Waals surface area contributed by atoms with Crippen LogP contribution in [0.2, 0.25) is 0 Å². The topological polar surface area (TPSA) is 68.2 Å². The van der Waals surface area contributed by atoms with Crippen LogP contribution < -0.4 is 9.47 Å². The summed E-state index contributed by atoms with van der Waals surface area (Å²) >= 11 is 0. The first-order chi connectivity index (χ1) is 8.10. The minimum Gasteiger partial charge on any atom is -0.493 e. The molecule has 0 spiro atoms. The highest BCUT2D eigenvalue weighted by Gasteiger charge is 2.16. The van der Waals surface area contributed by atoms with Crippen LogP contribution in [0, 0.1) is 0 Å². The molecule has 0 amide bonds. The van der Waals surface area contributed by atoms with Crippen molar-refractivity contribution in [2.45, 2.75) is 19.1 Å². The number of hydrogen-bond acceptors (Lipinski definition) is 5. The molecule has 17 heavy (non-hydrogen) atoms. The number of benzene rings is 1. The lowest BCUT2D eigenvalue weighted by molar-refractivity contribution is 0.0300. The summed E-state index contributed by atoms with van der Waals surface area (Å²) in [4.78, 5) is 0. The molecule has 2 atom stereocenters. The summed E-state index contributed by atoms with van der Waals surface area (Å²) < 4.78 is 15.2. The molecule has 0 aliphatic rings. The zero-order chi connectivity index (χ0) is 12.8. The standard InChI is InChI=1S/C12H18O5/c1-8(13)12(14)9-4-5-10(17-7-15-2)11(6-9)16-3/h4-6,8,12-14H,7H2,1-3H3. The number of ether oxygens (including phenoxy) is 3. The number of aliphatic hydroxyl groups excluding tert-OH is 2. The highest BCUT2D eigenvalue weighted by molar-refractivity contribution is 5.43. The predicted octanol–water partition coefficient (Wildman–Crippen LogP) is 1.09. The Balaban J connectivity index is 2.91. The Morgan fingerprint density at radius 1 is 1.18 bits per heavy atom. The van der Waals surface area contributed by atoms with Crippen LogP contribution in [0.15, 0.2) is 18.2 Å². The molecule has 2 N–H and O–H groups in total. The van der Waals surface area contributed by atoms with Crippen molar-refractivity contribution in [3.63, 3.8) is 0 Å². The smallest absolute Gasteiger partial charge is 0.188 e. The van der Waals surface area contributed by atoms with Gasteiger partial charge in [-0.05, 0) is 24.6 Å². The van der Waals surface area contributed by atoms with Crippen LogP contribution in [-0.4, -0.2) is 37.3 Å². The van der Waals surface area contributed by atoms with Crippen molar-refractivity contribution >= 4 is 0 Å². The molecule has 0 bridgehead atoms. The van der Waals surface area contributed by atoms with Crippen molar-refractivity contribution in [1.82, 2.24) is 0 Å². The Labute approximate surface area is 101 Å². The molecular formula is C12H18O5. The van der Waals surface area contributed by atoms with Crippen LogP contribution in [0.5, 0.6) is 11.5 Å². The number of methoxy groups -OCH3 is 2. The first kappa shape index (κ1) is 13.8. The van der Waals surface area contributed by atoms with Crippen LogP contribution >= 0.6 is 0 Å². The van der Waals surface area contributed by atoms with E-state index in [1.165, 1.54) is 21.1 Å². The van der Waals surface area contributed by atoms with Crippen molar-refractivity contribution in [3.8, 4) is 11.5 Å². The Morgan fingerprint density at radius 3 is 2.41 bits per heavy atom. The highest BCUT2D eigenvalue weighted by Crippen LogP contribution is 2.31. The van der Waals surface area contributed by atoms with Gasteiger partial charge >= 0.3 is 0 Å². The average molecular weight is 242 g/mol. The zero-order valence-electron chi connectivity index (χ0n) is 10.2. The summed E-state index contributed by atoms with van der Waals surface area (Å²) in [5, 5.41) is 19.0. The van der Waals surface area contributed by atoms with Crippen molar-refractivity contribution in [2.24, 2.45) is 0 Å². The molecule has 96 valence electrons. The molecule has 5 nitrogen and oxygen atoms in total. The number of aliphatic hydroxyl groups is 2. The van der Waals surface area contributed by atoms with Crippen LogP contribution in [0.25, 0.3) is 0 Å². The van der Waals surface area contributed by atoms with E-state index in [-0.39, 0.29) is 6.79 Å². The van der Waals surface area contributed by atoms with Gasteiger partial charge in [-0.25, -0.2) is 0 Å². The van der Waals surface area contributed by atoms with E-state index < -0.39 is 12.2 Å². The van der Waals surface area contributed by atoms with E-state index in [9.17, 15) is 10.2 Å². The minimum atomic E-state index is -0.944. The molecule has 1 aromatic rings. The Morgan fingerprint density at radius 2 is 1.88 bits per heavy atom. The molecule has 2 unspecified atom stereocenters. The second-order valence-corrected chi connectivity index (χ2v) is 3.65. The first-order valence-electron chi connectivity index (χ1n) is 5.26. The van der Waals surface area contributed by atoms with E-state index in [1.807, 2.05) is 0 Å². The van der Waals surface area contributed by atoms with Gasteiger partial charge in [0.15, 0.2) is 18.3 Å². The first-order valence-corrected chi connectivity index (χ1v) is 5.26. The lowest BCUT2D eigenvalue weighted by Gasteiger charge is -2.16. The molecule has 1 rings (SSSR count). The van der Waals surface area contributed by atoms with Crippen LogP contribution in [0.1, 0.15) is 18.6 Å². The van der Waals surface area contributed by atoms with E-state index in [0.29, 0.717) is 17.1 Å². The fraction of sp³-hybridized carbons (Fsp3) is 0.500. The van der Waals surface area contributed by atoms with Gasteiger partial charge in [-0.3, -0.25) is 0 Å². The average Bonchev–Trinajstić information content (AvgIpc) is 2.35. The normalized spacial score (nSPS) is 14.2. The lowest BCUT2D eigenvalue weighted by Crippen LogP contribution is -2.14. The maximum atomic E-state index is 9.71. The van der Waals surface area contributed by atoms with Crippen LogP contribution in [-0.2, 0) is 4.74 Å². The largest absolute Gasteiger partial charge is 0.493 e. The van der Waals surface area contributed by atoms with E-state index in [0.717, 1.165) is 0 Å². The Bertz CT molecular complexity index is 351. The van der Waals surface area contributed by atoms with Gasteiger partial charge in [-0.15, -0.1) is 0 Å². The third-order valence-corrected chi connectivity index (χ3v) is 2.32. The maximum Gasteiger partial charge on any atom is 0.188 e. The lowest BCUT2D eigenvalue weighted by atomic mass is 10.1. The molecule has 0 fully saturated rings. The van der Waals surface area contributed by atoms with Crippen LogP contribution in [0.4, 0.5) is 0 Å². The fourth-order valence-electron chi connectivity index (χ4n) is 1.39. The van der Waals surface area contributed by atoms with Gasteiger partial charge in [0.1, 0.15) is 6.10 Å². The van der Waals surface area contributed by atoms with Crippen molar-refractivity contribution in [2.75, 3.05) is 21.0 Å². The second-order valence-electron chi connectivity index (χ2n) is 3.65. The third-order valence-electron chi connectivity index (χ3n) is 2.32. The van der Waals surface area contributed by atoms with Gasteiger partial charge in [0, 0.05) is 7.11 Å². The molecule has 0 radical (unpaired) electrons. The van der Waals surface area contributed by atoms with E-state index in [4.69, 9.17) is 14.2 Å². The van der Waals surface area contributed by atoms with E-state index in [2.05, 4.69) is 0 Å². The number of rotatable bonds is 6. The van der Waals surface area contributed by atoms with Gasteiger partial charge in [0.05, 0.1) is 13.2 Å². The molecule has 1 aromatic carbocycles. The van der Waals surface area contributed by atoms with Crippen molar-refractivity contribution in [1.29, 1.82) is 0 Å². The van der Waals surface area contributed by atoms with Gasteiger partial charge < -0.3 is 24.4 Å². The quantitative estimate of drug-likeness (QED) is 0.731. The summed E-state index contributed by atoms with van der Waals surface area (Å²) in [5.41, 5.74) is 0.571. The molecule has 0 aromatic heterocycles. The van der Waals surface area contributed by atoms with Gasteiger partial charge in [-0.1, -0.05) is 6.07 Å². The molecule has 0 saturated carbocycles. The summed E-state index contributed by atoms with van der Waals surface area (Å²) in [7, 11) is 3.03. The molecule has 0 aliphatic carbocycles. The monoisotopic (exact) mass is 242 g/mol. The minimum absolute atomic E-state index is 0.120. The zero-order valence-corrected chi connectivity index (χ0v) is 10.2. The molecule has 5 heteroatoms.